The molecule has 0 aromatic heterocycles. The van der Waals surface area contributed by atoms with Gasteiger partial charge in [0.15, 0.2) is 0 Å². The van der Waals surface area contributed by atoms with Gasteiger partial charge in [-0.25, -0.2) is 0 Å². The SMILES string of the molecule is CC(CCS)S(=O)[O-]. The summed E-state index contributed by atoms with van der Waals surface area (Å²) in [5, 5.41) is -0.243. The summed E-state index contributed by atoms with van der Waals surface area (Å²) in [6.45, 7) is 1.67. The number of thiol groups is 1. The standard InChI is InChI=1S/C4H10O2S2/c1-4(2-3-7)8(5)6/h4,7H,2-3H2,1H3,(H,5,6)/p-1. The van der Waals surface area contributed by atoms with Gasteiger partial charge in [-0.05, 0) is 12.2 Å². The van der Waals surface area contributed by atoms with Gasteiger partial charge < -0.3 is 4.55 Å². The van der Waals surface area contributed by atoms with E-state index in [1.807, 2.05) is 0 Å². The van der Waals surface area contributed by atoms with E-state index in [1.165, 1.54) is 0 Å². The molecule has 0 saturated carbocycles. The Morgan fingerprint density at radius 3 is 2.50 bits per heavy atom. The molecule has 0 saturated heterocycles. The van der Waals surface area contributed by atoms with Crippen molar-refractivity contribution in [1.82, 2.24) is 0 Å². The van der Waals surface area contributed by atoms with Crippen molar-refractivity contribution in [1.29, 1.82) is 0 Å². The lowest BCUT2D eigenvalue weighted by molar-refractivity contribution is 0.523. The van der Waals surface area contributed by atoms with Gasteiger partial charge in [-0.15, -0.1) is 0 Å². The van der Waals surface area contributed by atoms with E-state index in [0.717, 1.165) is 0 Å². The molecule has 4 heteroatoms. The second-order valence-electron chi connectivity index (χ2n) is 1.58. The Hall–Kier alpha value is 0.460. The zero-order valence-electron chi connectivity index (χ0n) is 4.66. The van der Waals surface area contributed by atoms with Crippen LogP contribution in [0.15, 0.2) is 0 Å². The lowest BCUT2D eigenvalue weighted by Crippen LogP contribution is -2.09. The first-order chi connectivity index (χ1) is 3.68. The van der Waals surface area contributed by atoms with Crippen LogP contribution in [0.4, 0.5) is 0 Å². The van der Waals surface area contributed by atoms with Gasteiger partial charge in [-0.2, -0.15) is 12.6 Å². The first-order valence-corrected chi connectivity index (χ1v) is 4.14. The molecule has 2 nitrogen and oxygen atoms in total. The highest BCUT2D eigenvalue weighted by molar-refractivity contribution is 7.81. The smallest absolute Gasteiger partial charge is 0.0195 e. The lowest BCUT2D eigenvalue weighted by atomic mass is 10.4. The van der Waals surface area contributed by atoms with Crippen LogP contribution in [0.5, 0.6) is 0 Å². The fourth-order valence-electron chi connectivity index (χ4n) is 0.278. The van der Waals surface area contributed by atoms with Gasteiger partial charge in [-0.1, -0.05) is 18.0 Å². The monoisotopic (exact) mass is 153 g/mol. The van der Waals surface area contributed by atoms with Crippen molar-refractivity contribution in [2.75, 3.05) is 5.75 Å². The summed E-state index contributed by atoms with van der Waals surface area (Å²) in [6.07, 6.45) is 0.638. The number of rotatable bonds is 3. The van der Waals surface area contributed by atoms with E-state index < -0.39 is 11.1 Å². The van der Waals surface area contributed by atoms with Crippen LogP contribution in [-0.2, 0) is 11.1 Å². The summed E-state index contributed by atoms with van der Waals surface area (Å²) in [5.74, 6) is 0.634. The molecular formula is C4H9O2S2-. The largest absolute Gasteiger partial charge is 0.772 e. The highest BCUT2D eigenvalue weighted by Gasteiger charge is 1.97. The molecule has 0 spiro atoms. The second-order valence-corrected chi connectivity index (χ2v) is 3.36. The maximum Gasteiger partial charge on any atom is 0.0195 e. The van der Waals surface area contributed by atoms with Crippen molar-refractivity contribution >= 4 is 23.7 Å². The van der Waals surface area contributed by atoms with E-state index in [-0.39, 0.29) is 5.25 Å². The molecule has 8 heavy (non-hydrogen) atoms. The third kappa shape index (κ3) is 3.46. The Bertz CT molecular complexity index is 84.1. The van der Waals surface area contributed by atoms with Gasteiger partial charge in [0.1, 0.15) is 0 Å². The molecule has 0 N–H and O–H groups in total. The molecule has 0 aromatic rings. The zero-order chi connectivity index (χ0) is 6.57. The summed E-state index contributed by atoms with van der Waals surface area (Å²) in [6, 6.07) is 0. The molecule has 0 amide bonds. The van der Waals surface area contributed by atoms with Crippen molar-refractivity contribution in [2.45, 2.75) is 18.6 Å². The third-order valence-corrected chi connectivity index (χ3v) is 2.02. The van der Waals surface area contributed by atoms with Gasteiger partial charge in [0.2, 0.25) is 0 Å². The quantitative estimate of drug-likeness (QED) is 0.476. The van der Waals surface area contributed by atoms with Crippen molar-refractivity contribution < 1.29 is 8.76 Å². The highest BCUT2D eigenvalue weighted by atomic mass is 32.2. The normalized spacial score (nSPS) is 17.9. The minimum Gasteiger partial charge on any atom is -0.772 e. The van der Waals surface area contributed by atoms with Crippen molar-refractivity contribution in [2.24, 2.45) is 0 Å². The van der Waals surface area contributed by atoms with Crippen LogP contribution in [0.2, 0.25) is 0 Å². The number of hydrogen-bond donors (Lipinski definition) is 1. The predicted octanol–water partition coefficient (Wildman–Crippen LogP) is 0.574. The molecule has 0 aliphatic rings. The van der Waals surface area contributed by atoms with Gasteiger partial charge in [0, 0.05) is 5.25 Å². The maximum atomic E-state index is 10.1. The van der Waals surface area contributed by atoms with Crippen molar-refractivity contribution in [3.05, 3.63) is 0 Å². The van der Waals surface area contributed by atoms with Crippen LogP contribution in [-0.4, -0.2) is 19.8 Å². The molecule has 0 bridgehead atoms. The summed E-state index contributed by atoms with van der Waals surface area (Å²) in [5.41, 5.74) is 0. The molecule has 0 heterocycles. The van der Waals surface area contributed by atoms with Crippen LogP contribution in [0.25, 0.3) is 0 Å². The molecule has 0 radical (unpaired) electrons. The second kappa shape index (κ2) is 4.35. The molecule has 0 aliphatic carbocycles. The van der Waals surface area contributed by atoms with Crippen LogP contribution in [0.3, 0.4) is 0 Å². The molecule has 0 aromatic carbocycles. The van der Waals surface area contributed by atoms with Crippen LogP contribution in [0.1, 0.15) is 13.3 Å². The Labute approximate surface area is 57.4 Å². The minimum absolute atomic E-state index is 0.243. The molecule has 2 atom stereocenters. The summed E-state index contributed by atoms with van der Waals surface area (Å²) < 4.78 is 20.1. The Morgan fingerprint density at radius 1 is 1.88 bits per heavy atom. The van der Waals surface area contributed by atoms with Crippen LogP contribution in [0, 0.1) is 0 Å². The van der Waals surface area contributed by atoms with Gasteiger partial charge >= 0.3 is 0 Å². The molecule has 2 unspecified atom stereocenters. The molecule has 50 valence electrons. The average molecular weight is 153 g/mol. The van der Waals surface area contributed by atoms with Crippen LogP contribution >= 0.6 is 12.6 Å². The summed E-state index contributed by atoms with van der Waals surface area (Å²) in [4.78, 5) is 0. The van der Waals surface area contributed by atoms with Gasteiger partial charge in [0.05, 0.1) is 0 Å². The van der Waals surface area contributed by atoms with Gasteiger partial charge in [0.25, 0.3) is 0 Å². The first-order valence-electron chi connectivity index (χ1n) is 2.37. The minimum atomic E-state index is -1.91. The van der Waals surface area contributed by atoms with Crippen LogP contribution < -0.4 is 0 Å². The summed E-state index contributed by atoms with van der Waals surface area (Å²) >= 11 is 1.97. The Balaban J connectivity index is 3.32. The molecule has 0 aliphatic heterocycles. The fraction of sp³-hybridized carbons (Fsp3) is 1.00. The van der Waals surface area contributed by atoms with E-state index in [2.05, 4.69) is 12.6 Å². The number of hydrogen-bond acceptors (Lipinski definition) is 3. The topological polar surface area (TPSA) is 40.1 Å². The lowest BCUT2D eigenvalue weighted by Gasteiger charge is -2.11. The van der Waals surface area contributed by atoms with E-state index >= 15 is 0 Å². The zero-order valence-corrected chi connectivity index (χ0v) is 6.37. The van der Waals surface area contributed by atoms with E-state index in [1.54, 1.807) is 6.92 Å². The maximum absolute atomic E-state index is 10.1. The van der Waals surface area contributed by atoms with E-state index in [4.69, 9.17) is 0 Å². The average Bonchev–Trinajstić information content (AvgIpc) is 1.67. The molecule has 0 rings (SSSR count). The fourth-order valence-corrected chi connectivity index (χ4v) is 1.15. The van der Waals surface area contributed by atoms with Crippen molar-refractivity contribution in [3.8, 4) is 0 Å². The Morgan fingerprint density at radius 2 is 2.38 bits per heavy atom. The Kier molecular flexibility index (Phi) is 4.60. The highest BCUT2D eigenvalue weighted by Crippen LogP contribution is 1.98. The van der Waals surface area contributed by atoms with Gasteiger partial charge in [-0.3, -0.25) is 4.21 Å². The molecular weight excluding hydrogens is 144 g/mol. The van der Waals surface area contributed by atoms with E-state index in [0.29, 0.717) is 12.2 Å². The van der Waals surface area contributed by atoms with Crippen molar-refractivity contribution in [3.63, 3.8) is 0 Å². The summed E-state index contributed by atoms with van der Waals surface area (Å²) in [7, 11) is 0. The van der Waals surface area contributed by atoms with E-state index in [9.17, 15) is 8.76 Å². The third-order valence-electron chi connectivity index (χ3n) is 0.864. The molecule has 0 fully saturated rings. The first kappa shape index (κ1) is 8.46. The predicted molar refractivity (Wildman–Crippen MR) is 36.9 cm³/mol.